The summed E-state index contributed by atoms with van der Waals surface area (Å²) in [7, 11) is -15.5. The largest absolute Gasteiger partial charge is 3.00 e. The average molecular weight is 804 g/mol. The Kier molecular flexibility index (Phi) is 87.5. The molecule has 0 aromatic rings. The smallest absolute Gasteiger partial charge is 1.00 e. The average Bonchev–Trinajstić information content (AvgIpc) is 1.41. The Morgan fingerprint density at radius 3 is 0.409 bits per heavy atom. The zero-order chi connectivity index (χ0) is 13.5. The third-order valence-corrected chi connectivity index (χ3v) is 0. The number of hydrogen-bond donors (Lipinski definition) is 0. The van der Waals surface area contributed by atoms with Crippen molar-refractivity contribution in [3.05, 3.63) is 0 Å². The van der Waals surface area contributed by atoms with Gasteiger partial charge in [0.1, 0.15) is 0 Å². The minimum atomic E-state index is -5.17. The van der Waals surface area contributed by atoms with Crippen molar-refractivity contribution in [2.45, 2.75) is 0 Å². The number of hydrogen-bond acceptors (Lipinski definition) is 15. The van der Waals surface area contributed by atoms with Crippen LogP contribution in [0.4, 0.5) is 0 Å². The van der Waals surface area contributed by atoms with Crippen LogP contribution in [0.2, 0.25) is 0 Å². The van der Waals surface area contributed by atoms with E-state index in [1.165, 1.54) is 0 Å². The standard InChI is InChI=1S/3Ba.Fe.3H2O4S.3O/c;;;;3*1-5(2,3)4;;;/h;;;;3*(H2,1,2,3,4);;;/q3*+2;+3;;;;3*-1/p-6. The van der Waals surface area contributed by atoms with Crippen LogP contribution in [0.5, 0.6) is 0 Å². The van der Waals surface area contributed by atoms with Crippen molar-refractivity contribution in [3.63, 3.8) is 0 Å². The van der Waals surface area contributed by atoms with E-state index in [1.54, 1.807) is 0 Å². The van der Waals surface area contributed by atoms with Gasteiger partial charge in [-0.05, 0) is 0 Å². The van der Waals surface area contributed by atoms with Crippen molar-refractivity contribution in [2.24, 2.45) is 0 Å². The van der Waals surface area contributed by atoms with Gasteiger partial charge in [-0.15, -0.1) is 0 Å². The molecule has 4 radical (unpaired) electrons. The minimum Gasteiger partial charge on any atom is -1.00 e. The summed E-state index contributed by atoms with van der Waals surface area (Å²) in [6, 6.07) is 0. The molecule has 22 heavy (non-hydrogen) atoms. The van der Waals surface area contributed by atoms with Crippen molar-refractivity contribution < 1.29 is 86.1 Å². The summed E-state index contributed by atoms with van der Waals surface area (Å²) in [6.45, 7) is 0. The molecule has 0 unspecified atom stereocenters. The van der Waals surface area contributed by atoms with Crippen molar-refractivity contribution in [1.29, 1.82) is 0 Å². The molecular formula is Ba3FeO15S3. The molecule has 0 N–H and O–H groups in total. The molecule has 0 spiro atoms. The second kappa shape index (κ2) is 30.5. The topological polar surface area (TPSA) is 326 Å². The normalized spacial score (nSPS) is 7.91. The van der Waals surface area contributed by atoms with Crippen molar-refractivity contribution in [3.8, 4) is 0 Å². The summed E-state index contributed by atoms with van der Waals surface area (Å²) in [5.41, 5.74) is 0. The van der Waals surface area contributed by atoms with E-state index >= 15 is 0 Å². The van der Waals surface area contributed by atoms with Crippen molar-refractivity contribution >= 4 is 178 Å². The molecule has 22 heteroatoms. The van der Waals surface area contributed by atoms with Gasteiger partial charge in [-0.25, -0.2) is 0 Å². The van der Waals surface area contributed by atoms with Crippen LogP contribution in [0, 0.1) is 0 Å². The molecule has 0 aliphatic heterocycles. The van der Waals surface area contributed by atoms with E-state index in [-0.39, 0.29) is 180 Å². The van der Waals surface area contributed by atoms with Gasteiger partial charge in [0.05, 0.1) is 0 Å². The van der Waals surface area contributed by atoms with Crippen LogP contribution in [0.1, 0.15) is 0 Å². The Balaban J connectivity index is -0.0000000106. The third-order valence-electron chi connectivity index (χ3n) is 0. The molecule has 0 saturated heterocycles. The molecule has 0 aromatic carbocycles. The van der Waals surface area contributed by atoms with E-state index in [4.69, 9.17) is 52.6 Å². The summed E-state index contributed by atoms with van der Waals surface area (Å²) in [5.74, 6) is 0. The van der Waals surface area contributed by atoms with E-state index < -0.39 is 31.2 Å². The summed E-state index contributed by atoms with van der Waals surface area (Å²) < 4.78 is 102. The predicted molar refractivity (Wildman–Crippen MR) is 50.7 cm³/mol. The first kappa shape index (κ1) is 63.2. The molecule has 0 heterocycles. The molecule has 0 atom stereocenters. The Bertz CT molecular complexity index is 351. The summed E-state index contributed by atoms with van der Waals surface area (Å²) in [6.07, 6.45) is 0. The summed E-state index contributed by atoms with van der Waals surface area (Å²) in [4.78, 5) is 0. The van der Waals surface area contributed by atoms with Crippen LogP contribution in [0.15, 0.2) is 0 Å². The summed E-state index contributed by atoms with van der Waals surface area (Å²) >= 11 is 0. The van der Waals surface area contributed by atoms with E-state index in [9.17, 15) is 0 Å². The first-order chi connectivity index (χ1) is 6.00. The van der Waals surface area contributed by atoms with Gasteiger partial charge in [0.15, 0.2) is 0 Å². The van der Waals surface area contributed by atoms with Crippen LogP contribution in [-0.4, -0.2) is 199 Å². The zero-order valence-electron chi connectivity index (χ0n) is 9.82. The molecule has 0 rings (SSSR count). The minimum absolute atomic E-state index is 0. The summed E-state index contributed by atoms with van der Waals surface area (Å²) in [5, 5.41) is 0. The fourth-order valence-electron chi connectivity index (χ4n) is 0. The molecule has 0 fully saturated rings. The molecule has 122 valence electrons. The Labute approximate surface area is 257 Å². The van der Waals surface area contributed by atoms with Crippen LogP contribution >= 0.6 is 0 Å². The van der Waals surface area contributed by atoms with E-state index in [1.807, 2.05) is 0 Å². The monoisotopic (exact) mass is 805 g/mol. The van der Waals surface area contributed by atoms with E-state index in [2.05, 4.69) is 0 Å². The molecular weight excluding hydrogens is 804 g/mol. The first-order valence-corrected chi connectivity index (χ1v) is 6.00. The first-order valence-electron chi connectivity index (χ1n) is 2.00. The SMILES string of the molecule is O=S(=O)([O-])[O-].O=S(=O)([O-])[O-].O=S(=O)([O-])[O-].[Ba+2].[Ba+2].[Ba+2].[Fe+3].[O-].[O-].[O-]. The van der Waals surface area contributed by atoms with Gasteiger partial charge in [0, 0.05) is 31.2 Å². The van der Waals surface area contributed by atoms with Crippen molar-refractivity contribution in [1.82, 2.24) is 0 Å². The van der Waals surface area contributed by atoms with E-state index in [0.717, 1.165) is 0 Å². The maximum Gasteiger partial charge on any atom is 3.00 e. The van der Waals surface area contributed by atoms with Crippen LogP contribution < -0.4 is 0 Å². The van der Waals surface area contributed by atoms with Gasteiger partial charge in [-0.3, -0.25) is 25.3 Å². The second-order valence-electron chi connectivity index (χ2n) is 1.22. The van der Waals surface area contributed by atoms with E-state index in [0.29, 0.717) is 0 Å². The van der Waals surface area contributed by atoms with Crippen LogP contribution in [0.3, 0.4) is 0 Å². The quantitative estimate of drug-likeness (QED) is 0.126. The third kappa shape index (κ3) is 624. The fourth-order valence-corrected chi connectivity index (χ4v) is 0. The maximum absolute atomic E-state index is 8.52. The van der Waals surface area contributed by atoms with Gasteiger partial charge in [0.25, 0.3) is 0 Å². The predicted octanol–water partition coefficient (Wildman–Crippen LogP) is -5.52. The molecule has 0 bridgehead atoms. The molecule has 0 aromatic heterocycles. The molecule has 0 aliphatic carbocycles. The molecule has 0 saturated carbocycles. The number of rotatable bonds is 0. The Morgan fingerprint density at radius 1 is 0.409 bits per heavy atom. The van der Waals surface area contributed by atoms with Gasteiger partial charge in [0.2, 0.25) is 0 Å². The maximum atomic E-state index is 8.52. The van der Waals surface area contributed by atoms with Crippen LogP contribution in [-0.2, 0) is 64.7 Å². The Hall–Kier alpha value is 4.72. The zero-order valence-corrected chi connectivity index (χ0v) is 26.7. The molecule has 15 nitrogen and oxygen atoms in total. The van der Waals surface area contributed by atoms with Crippen LogP contribution in [0.25, 0.3) is 0 Å². The van der Waals surface area contributed by atoms with Gasteiger partial charge in [-0.1, -0.05) is 0 Å². The van der Waals surface area contributed by atoms with Gasteiger partial charge < -0.3 is 43.7 Å². The fraction of sp³-hybridized carbons (Fsp3) is 0. The molecule has 0 aliphatic rings. The second-order valence-corrected chi connectivity index (χ2v) is 3.67. The van der Waals surface area contributed by atoms with Crippen molar-refractivity contribution in [2.75, 3.05) is 0 Å². The Morgan fingerprint density at radius 2 is 0.409 bits per heavy atom. The molecule has 0 amide bonds. The van der Waals surface area contributed by atoms with Gasteiger partial charge in [-0.2, -0.15) is 0 Å². The van der Waals surface area contributed by atoms with Gasteiger partial charge >= 0.3 is 164 Å².